The minimum atomic E-state index is 0.534. The maximum atomic E-state index is 8.98. The molecule has 0 saturated heterocycles. The lowest BCUT2D eigenvalue weighted by Gasteiger charge is -2.11. The topological polar surface area (TPSA) is 55.2 Å². The van der Waals surface area contributed by atoms with Crippen LogP contribution in [0.3, 0.4) is 0 Å². The molecule has 5 aromatic rings. The van der Waals surface area contributed by atoms with E-state index in [1.165, 1.54) is 5.39 Å². The second-order valence-electron chi connectivity index (χ2n) is 7.14. The molecule has 0 aliphatic heterocycles. The summed E-state index contributed by atoms with van der Waals surface area (Å²) in [6, 6.07) is 34.0. The molecule has 5 rings (SSSR count). The molecular formula is C26H18BN2O2. The van der Waals surface area contributed by atoms with Gasteiger partial charge in [-0.1, -0.05) is 78.9 Å². The van der Waals surface area contributed by atoms with Crippen molar-refractivity contribution < 1.29 is 9.68 Å². The van der Waals surface area contributed by atoms with Crippen molar-refractivity contribution in [2.45, 2.75) is 0 Å². The number of fused-ring (bicyclic) bond motifs is 1. The summed E-state index contributed by atoms with van der Waals surface area (Å²) in [6.45, 7) is 0. The van der Waals surface area contributed by atoms with E-state index in [-0.39, 0.29) is 0 Å². The highest BCUT2D eigenvalue weighted by Crippen LogP contribution is 2.30. The maximum absolute atomic E-state index is 8.98. The lowest BCUT2D eigenvalue weighted by Crippen LogP contribution is -2.00. The molecule has 31 heavy (non-hydrogen) atoms. The Balaban J connectivity index is 1.68. The largest absolute Gasteiger partial charge is 0.569 e. The molecule has 1 radical (unpaired) electrons. The third kappa shape index (κ3) is 4.04. The van der Waals surface area contributed by atoms with E-state index >= 15 is 0 Å². The Morgan fingerprint density at radius 1 is 0.581 bits per heavy atom. The lowest BCUT2D eigenvalue weighted by atomic mass is 10.0. The normalized spacial score (nSPS) is 10.7. The third-order valence-electron chi connectivity index (χ3n) is 5.12. The van der Waals surface area contributed by atoms with Gasteiger partial charge in [-0.05, 0) is 35.0 Å². The number of hydrogen-bond acceptors (Lipinski definition) is 4. The Hall–Kier alpha value is -3.96. The van der Waals surface area contributed by atoms with Gasteiger partial charge in [-0.3, -0.25) is 0 Å². The molecule has 5 heteroatoms. The number of hydrogen-bond donors (Lipinski definition) is 1. The fourth-order valence-electron chi connectivity index (χ4n) is 3.60. The van der Waals surface area contributed by atoms with Gasteiger partial charge in [-0.2, -0.15) is 0 Å². The summed E-state index contributed by atoms with van der Waals surface area (Å²) in [7, 11) is 0.676. The van der Waals surface area contributed by atoms with Gasteiger partial charge in [-0.25, -0.2) is 9.97 Å². The van der Waals surface area contributed by atoms with Gasteiger partial charge in [0, 0.05) is 16.7 Å². The summed E-state index contributed by atoms with van der Waals surface area (Å²) in [5.41, 5.74) is 4.47. The second-order valence-corrected chi connectivity index (χ2v) is 7.14. The van der Waals surface area contributed by atoms with Gasteiger partial charge in [0.2, 0.25) is 0 Å². The van der Waals surface area contributed by atoms with Crippen LogP contribution < -0.4 is 4.65 Å². The molecule has 4 nitrogen and oxygen atoms in total. The SMILES string of the molecule is O[B]Oc1cccc(-c2cc(-c3ccccc3)nc(-c3ccc4ccccc4c3)n2)c1. The van der Waals surface area contributed by atoms with E-state index in [1.54, 1.807) is 6.07 Å². The van der Waals surface area contributed by atoms with Crippen LogP contribution in [0.4, 0.5) is 0 Å². The maximum Gasteiger partial charge on any atom is 0.569 e. The molecule has 147 valence electrons. The summed E-state index contributed by atoms with van der Waals surface area (Å²) in [4.78, 5) is 9.74. The van der Waals surface area contributed by atoms with E-state index in [1.807, 2.05) is 66.7 Å². The molecule has 0 fully saturated rings. The zero-order chi connectivity index (χ0) is 21.0. The Kier molecular flexibility index (Phi) is 5.17. The molecule has 0 spiro atoms. The zero-order valence-electron chi connectivity index (χ0n) is 16.6. The zero-order valence-corrected chi connectivity index (χ0v) is 16.6. The van der Waals surface area contributed by atoms with E-state index < -0.39 is 0 Å². The standard InChI is InChI=1S/C26H18BN2O2/c30-27-31-23-12-6-11-21(16-23)25-17-24(19-8-2-1-3-9-19)28-26(29-25)22-14-13-18-7-4-5-10-20(18)15-22/h1-17,30H. The summed E-state index contributed by atoms with van der Waals surface area (Å²) in [5, 5.41) is 11.3. The first-order chi connectivity index (χ1) is 15.3. The van der Waals surface area contributed by atoms with Gasteiger partial charge in [0.25, 0.3) is 0 Å². The Morgan fingerprint density at radius 2 is 1.29 bits per heavy atom. The number of aromatic nitrogens is 2. The number of nitrogens with zero attached hydrogens (tertiary/aromatic N) is 2. The molecule has 0 saturated carbocycles. The van der Waals surface area contributed by atoms with E-state index in [0.29, 0.717) is 19.3 Å². The van der Waals surface area contributed by atoms with Gasteiger partial charge in [-0.15, -0.1) is 0 Å². The number of rotatable bonds is 5. The lowest BCUT2D eigenvalue weighted by molar-refractivity contribution is 0.454. The minimum absolute atomic E-state index is 0.534. The molecule has 1 heterocycles. The van der Waals surface area contributed by atoms with Gasteiger partial charge >= 0.3 is 7.69 Å². The quantitative estimate of drug-likeness (QED) is 0.393. The highest BCUT2D eigenvalue weighted by Gasteiger charge is 2.11. The van der Waals surface area contributed by atoms with Crippen molar-refractivity contribution in [3.05, 3.63) is 103 Å². The molecule has 1 aromatic heterocycles. The van der Waals surface area contributed by atoms with Crippen LogP contribution in [0, 0.1) is 0 Å². The van der Waals surface area contributed by atoms with Crippen LogP contribution in [-0.4, -0.2) is 22.7 Å². The second kappa shape index (κ2) is 8.42. The molecule has 0 unspecified atom stereocenters. The molecule has 0 bridgehead atoms. The van der Waals surface area contributed by atoms with Crippen LogP contribution in [0.1, 0.15) is 0 Å². The fourth-order valence-corrected chi connectivity index (χ4v) is 3.60. The summed E-state index contributed by atoms with van der Waals surface area (Å²) >= 11 is 0. The van der Waals surface area contributed by atoms with Crippen LogP contribution in [0.2, 0.25) is 0 Å². The summed E-state index contributed by atoms with van der Waals surface area (Å²) < 4.78 is 5.13. The highest BCUT2D eigenvalue weighted by atomic mass is 16.5. The molecule has 0 amide bonds. The van der Waals surface area contributed by atoms with E-state index in [0.717, 1.165) is 33.5 Å². The predicted molar refractivity (Wildman–Crippen MR) is 124 cm³/mol. The highest BCUT2D eigenvalue weighted by molar-refractivity contribution is 6.17. The van der Waals surface area contributed by atoms with Gasteiger partial charge in [0.1, 0.15) is 5.75 Å². The van der Waals surface area contributed by atoms with Crippen LogP contribution in [0.15, 0.2) is 103 Å². The smallest absolute Gasteiger partial charge is 0.537 e. The Morgan fingerprint density at radius 3 is 2.10 bits per heavy atom. The Labute approximate surface area is 181 Å². The molecular weight excluding hydrogens is 383 g/mol. The minimum Gasteiger partial charge on any atom is -0.537 e. The first-order valence-electron chi connectivity index (χ1n) is 9.97. The van der Waals surface area contributed by atoms with Crippen LogP contribution in [0.25, 0.3) is 44.7 Å². The summed E-state index contributed by atoms with van der Waals surface area (Å²) in [5.74, 6) is 1.19. The van der Waals surface area contributed by atoms with E-state index in [4.69, 9.17) is 19.6 Å². The number of benzene rings is 4. The predicted octanol–water partition coefficient (Wildman–Crippen LogP) is 5.54. The molecule has 0 aliphatic carbocycles. The van der Waals surface area contributed by atoms with Crippen LogP contribution in [0.5, 0.6) is 5.75 Å². The van der Waals surface area contributed by atoms with Crippen molar-refractivity contribution in [3.63, 3.8) is 0 Å². The van der Waals surface area contributed by atoms with Gasteiger partial charge < -0.3 is 9.68 Å². The van der Waals surface area contributed by atoms with E-state index in [9.17, 15) is 0 Å². The van der Waals surface area contributed by atoms with Crippen molar-refractivity contribution in [3.8, 4) is 39.7 Å². The monoisotopic (exact) mass is 401 g/mol. The first-order valence-corrected chi connectivity index (χ1v) is 9.97. The first kappa shape index (κ1) is 19.0. The Bertz CT molecular complexity index is 1360. The van der Waals surface area contributed by atoms with Crippen LogP contribution >= 0.6 is 0 Å². The van der Waals surface area contributed by atoms with Crippen molar-refractivity contribution in [2.75, 3.05) is 0 Å². The van der Waals surface area contributed by atoms with Crippen molar-refractivity contribution >= 4 is 18.5 Å². The average Bonchev–Trinajstić information content (AvgIpc) is 2.84. The average molecular weight is 401 g/mol. The molecule has 0 atom stereocenters. The van der Waals surface area contributed by atoms with Crippen molar-refractivity contribution in [2.24, 2.45) is 0 Å². The molecule has 4 aromatic carbocycles. The fraction of sp³-hybridized carbons (Fsp3) is 0. The van der Waals surface area contributed by atoms with Gasteiger partial charge in [0.05, 0.1) is 11.4 Å². The molecule has 0 aliphatic rings. The van der Waals surface area contributed by atoms with Crippen molar-refractivity contribution in [1.82, 2.24) is 9.97 Å². The van der Waals surface area contributed by atoms with Crippen LogP contribution in [-0.2, 0) is 0 Å². The van der Waals surface area contributed by atoms with Gasteiger partial charge in [0.15, 0.2) is 5.82 Å². The van der Waals surface area contributed by atoms with Crippen molar-refractivity contribution in [1.29, 1.82) is 0 Å². The third-order valence-corrected chi connectivity index (χ3v) is 5.12. The molecule has 1 N–H and O–H groups in total. The summed E-state index contributed by atoms with van der Waals surface area (Å²) in [6.07, 6.45) is 0. The van der Waals surface area contributed by atoms with E-state index in [2.05, 4.69) is 30.3 Å².